The molecular formula is C21H31N5O7S. The van der Waals surface area contributed by atoms with Crippen LogP contribution >= 0.6 is 11.8 Å². The lowest BCUT2D eigenvalue weighted by Crippen LogP contribution is -2.46. The van der Waals surface area contributed by atoms with Gasteiger partial charge in [0.15, 0.2) is 12.0 Å². The van der Waals surface area contributed by atoms with Crippen molar-refractivity contribution in [1.29, 1.82) is 0 Å². The Hall–Kier alpha value is -2.80. The minimum Gasteiger partial charge on any atom is -0.460 e. The van der Waals surface area contributed by atoms with Crippen LogP contribution in [0.2, 0.25) is 0 Å². The van der Waals surface area contributed by atoms with E-state index in [1.54, 1.807) is 16.7 Å². The number of thioether (sulfide) groups is 1. The van der Waals surface area contributed by atoms with E-state index in [1.807, 2.05) is 18.1 Å². The zero-order valence-electron chi connectivity index (χ0n) is 20.0. The van der Waals surface area contributed by atoms with E-state index < -0.39 is 42.0 Å². The van der Waals surface area contributed by atoms with Crippen molar-refractivity contribution >= 4 is 47.1 Å². The predicted octanol–water partition coefficient (Wildman–Crippen LogP) is 1.06. The molecule has 1 saturated heterocycles. The minimum atomic E-state index is -0.768. The number of fused-ring (bicyclic) bond motifs is 1. The number of esters is 2. The summed E-state index contributed by atoms with van der Waals surface area (Å²) in [6.07, 6.45) is 0.334. The Kier molecular flexibility index (Phi) is 8.42. The molecule has 4 atom stereocenters. The maximum absolute atomic E-state index is 12.9. The molecule has 1 aromatic heterocycles. The highest BCUT2D eigenvalue weighted by Gasteiger charge is 2.48. The molecule has 1 aromatic rings. The molecule has 0 aliphatic carbocycles. The van der Waals surface area contributed by atoms with E-state index in [0.29, 0.717) is 30.9 Å². The number of carbonyl (C=O) groups is 3. The number of anilines is 3. The van der Waals surface area contributed by atoms with Crippen molar-refractivity contribution in [3.8, 4) is 0 Å². The van der Waals surface area contributed by atoms with Crippen molar-refractivity contribution < 1.29 is 28.6 Å². The number of nitrogens with zero attached hydrogens (tertiary/aromatic N) is 3. The highest BCUT2D eigenvalue weighted by atomic mass is 32.2. The maximum atomic E-state index is 12.9. The molecule has 2 N–H and O–H groups in total. The highest BCUT2D eigenvalue weighted by molar-refractivity contribution is 7.98. The van der Waals surface area contributed by atoms with Gasteiger partial charge in [0.25, 0.3) is 5.56 Å². The highest BCUT2D eigenvalue weighted by Crippen LogP contribution is 2.39. The molecule has 13 heteroatoms. The van der Waals surface area contributed by atoms with Gasteiger partial charge < -0.3 is 24.0 Å². The molecule has 1 amide bonds. The number of ether oxygens (including phenoxy) is 3. The second-order valence-electron chi connectivity index (χ2n) is 8.14. The maximum Gasteiger partial charge on any atom is 0.303 e. The number of amides is 1. The smallest absolute Gasteiger partial charge is 0.303 e. The van der Waals surface area contributed by atoms with Gasteiger partial charge in [0, 0.05) is 39.5 Å². The lowest BCUT2D eigenvalue weighted by atomic mass is 10.1. The van der Waals surface area contributed by atoms with Gasteiger partial charge in [0.05, 0.1) is 6.67 Å². The van der Waals surface area contributed by atoms with E-state index in [2.05, 4.69) is 15.3 Å². The molecule has 2 aliphatic rings. The quantitative estimate of drug-likeness (QED) is 0.473. The molecule has 2 aliphatic heterocycles. The van der Waals surface area contributed by atoms with Gasteiger partial charge in [-0.1, -0.05) is 6.92 Å². The fourth-order valence-electron chi connectivity index (χ4n) is 4.21. The first kappa shape index (κ1) is 25.8. The number of aromatic nitrogens is 2. The van der Waals surface area contributed by atoms with Crippen molar-refractivity contribution in [2.24, 2.45) is 0 Å². The summed E-state index contributed by atoms with van der Waals surface area (Å²) in [7, 11) is 0. The van der Waals surface area contributed by atoms with Gasteiger partial charge >= 0.3 is 11.9 Å². The number of nitrogens with one attached hydrogen (secondary N) is 2. The summed E-state index contributed by atoms with van der Waals surface area (Å²) in [5.74, 6) is -0.183. The van der Waals surface area contributed by atoms with Crippen LogP contribution in [0.3, 0.4) is 0 Å². The van der Waals surface area contributed by atoms with E-state index >= 15 is 0 Å². The summed E-state index contributed by atoms with van der Waals surface area (Å²) in [6, 6.07) is 0. The third-order valence-corrected chi connectivity index (χ3v) is 6.09. The first-order valence-corrected chi connectivity index (χ1v) is 12.5. The minimum absolute atomic E-state index is 0.0119. The van der Waals surface area contributed by atoms with Gasteiger partial charge in [-0.25, -0.2) is 0 Å². The molecule has 34 heavy (non-hydrogen) atoms. The van der Waals surface area contributed by atoms with Crippen molar-refractivity contribution in [3.05, 3.63) is 10.4 Å². The molecule has 3 rings (SSSR count). The number of H-pyrrole nitrogens is 1. The topological polar surface area (TPSA) is 143 Å². The van der Waals surface area contributed by atoms with Gasteiger partial charge in [0.2, 0.25) is 11.9 Å². The van der Waals surface area contributed by atoms with Crippen LogP contribution in [-0.2, 0) is 28.6 Å². The lowest BCUT2D eigenvalue weighted by Gasteiger charge is -2.30. The number of hydrogen-bond donors (Lipinski definition) is 2. The van der Waals surface area contributed by atoms with Gasteiger partial charge in [-0.05, 0) is 12.7 Å². The Balaban J connectivity index is 1.99. The van der Waals surface area contributed by atoms with E-state index in [4.69, 9.17) is 14.2 Å². The molecule has 0 spiro atoms. The van der Waals surface area contributed by atoms with Crippen molar-refractivity contribution in [1.82, 2.24) is 9.97 Å². The zero-order chi connectivity index (χ0) is 25.0. The third kappa shape index (κ3) is 5.81. The standard InChI is InChI=1S/C21H31N5O7S/c1-6-14(31-12(3)28)15-9-16(32-13(4)29)20(33-15)26-10-25(7-8-34-5)17-18(26)23-21(22-11(2)27)24-19(17)30/h14-16,20H,6-10H2,1-5H3,(H2,22,23,24,27,30)/t14-,15-,16+,20+/m0/s1. The molecule has 1 fully saturated rings. The number of rotatable bonds is 9. The molecule has 0 radical (unpaired) electrons. The fraction of sp³-hybridized carbons (Fsp3) is 0.667. The fourth-order valence-corrected chi connectivity index (χ4v) is 4.61. The van der Waals surface area contributed by atoms with Crippen molar-refractivity contribution in [2.45, 2.75) is 65.1 Å². The Morgan fingerprint density at radius 1 is 1.29 bits per heavy atom. The number of hydrogen-bond acceptors (Lipinski definition) is 11. The Morgan fingerprint density at radius 2 is 2.03 bits per heavy atom. The van der Waals surface area contributed by atoms with Gasteiger partial charge in [-0.2, -0.15) is 16.7 Å². The summed E-state index contributed by atoms with van der Waals surface area (Å²) in [5.41, 5.74) is -0.0499. The van der Waals surface area contributed by atoms with Crippen LogP contribution in [0.4, 0.5) is 17.5 Å². The molecule has 12 nitrogen and oxygen atoms in total. The Morgan fingerprint density at radius 3 is 2.62 bits per heavy atom. The normalized spacial score (nSPS) is 22.3. The predicted molar refractivity (Wildman–Crippen MR) is 127 cm³/mol. The van der Waals surface area contributed by atoms with Crippen LogP contribution in [0.15, 0.2) is 4.79 Å². The Labute approximate surface area is 201 Å². The van der Waals surface area contributed by atoms with Crippen LogP contribution in [0.25, 0.3) is 0 Å². The van der Waals surface area contributed by atoms with Crippen LogP contribution in [0.5, 0.6) is 0 Å². The summed E-state index contributed by atoms with van der Waals surface area (Å²) in [5, 5.41) is 2.51. The average Bonchev–Trinajstić information content (AvgIpc) is 3.30. The van der Waals surface area contributed by atoms with Crippen molar-refractivity contribution in [2.75, 3.05) is 40.3 Å². The van der Waals surface area contributed by atoms with Crippen LogP contribution in [-0.4, -0.2) is 77.6 Å². The summed E-state index contributed by atoms with van der Waals surface area (Å²) < 4.78 is 17.3. The molecular weight excluding hydrogens is 466 g/mol. The first-order chi connectivity index (χ1) is 16.1. The molecule has 0 saturated carbocycles. The lowest BCUT2D eigenvalue weighted by molar-refractivity contribution is -0.155. The number of aromatic amines is 1. The Bertz CT molecular complexity index is 987. The first-order valence-electron chi connectivity index (χ1n) is 11.1. The van der Waals surface area contributed by atoms with E-state index in [0.717, 1.165) is 5.75 Å². The van der Waals surface area contributed by atoms with Crippen LogP contribution < -0.4 is 20.7 Å². The largest absolute Gasteiger partial charge is 0.460 e. The van der Waals surface area contributed by atoms with Gasteiger partial charge in [-0.15, -0.1) is 0 Å². The third-order valence-electron chi connectivity index (χ3n) is 5.50. The van der Waals surface area contributed by atoms with Crippen LogP contribution in [0.1, 0.15) is 40.5 Å². The number of carbonyl (C=O) groups excluding carboxylic acids is 3. The van der Waals surface area contributed by atoms with Crippen LogP contribution in [0, 0.1) is 0 Å². The molecule has 0 aromatic carbocycles. The van der Waals surface area contributed by atoms with E-state index in [-0.39, 0.29) is 18.5 Å². The van der Waals surface area contributed by atoms with E-state index in [1.165, 1.54) is 20.8 Å². The summed E-state index contributed by atoms with van der Waals surface area (Å²) >= 11 is 1.64. The zero-order valence-corrected chi connectivity index (χ0v) is 20.8. The molecule has 0 unspecified atom stereocenters. The summed E-state index contributed by atoms with van der Waals surface area (Å²) in [4.78, 5) is 58.6. The monoisotopic (exact) mass is 497 g/mol. The molecule has 0 bridgehead atoms. The van der Waals surface area contributed by atoms with Crippen molar-refractivity contribution in [3.63, 3.8) is 0 Å². The SMILES string of the molecule is CC[C@H](OC(C)=O)[C@@H]1C[C@@H](OC(C)=O)[C@H](N2CN(CCSC)c3c2nc(NC(C)=O)[nH]c3=O)O1. The average molecular weight is 498 g/mol. The second-order valence-corrected chi connectivity index (χ2v) is 9.13. The second kappa shape index (κ2) is 11.1. The summed E-state index contributed by atoms with van der Waals surface area (Å²) in [6.45, 7) is 6.69. The van der Waals surface area contributed by atoms with Gasteiger partial charge in [-0.3, -0.25) is 29.5 Å². The molecule has 188 valence electrons. The van der Waals surface area contributed by atoms with Gasteiger partial charge in [0.1, 0.15) is 24.0 Å². The van der Waals surface area contributed by atoms with E-state index in [9.17, 15) is 19.2 Å². The molecule has 3 heterocycles.